The molecular formula is C13H12FIN4S. The molecule has 0 spiro atoms. The summed E-state index contributed by atoms with van der Waals surface area (Å²) in [6.07, 6.45) is 4.62. The second-order valence-corrected chi connectivity index (χ2v) is 6.19. The zero-order valence-corrected chi connectivity index (χ0v) is 13.7. The Hall–Kier alpha value is -1.22. The molecule has 1 N–H and O–H groups in total. The Balaban J connectivity index is 1.96. The lowest BCUT2D eigenvalue weighted by atomic mass is 10.2. The minimum Gasteiger partial charge on any atom is -0.331 e. The van der Waals surface area contributed by atoms with Crippen molar-refractivity contribution in [2.24, 2.45) is 7.05 Å². The van der Waals surface area contributed by atoms with Crippen LogP contribution in [0.1, 0.15) is 5.56 Å². The Labute approximate surface area is 133 Å². The van der Waals surface area contributed by atoms with Crippen molar-refractivity contribution in [3.63, 3.8) is 0 Å². The van der Waals surface area contributed by atoms with Crippen molar-refractivity contribution in [1.82, 2.24) is 19.3 Å². The minimum absolute atomic E-state index is 0.220. The van der Waals surface area contributed by atoms with Gasteiger partial charge in [0.25, 0.3) is 0 Å². The first-order valence-corrected chi connectivity index (χ1v) is 7.58. The van der Waals surface area contributed by atoms with Gasteiger partial charge in [0.1, 0.15) is 5.82 Å². The summed E-state index contributed by atoms with van der Waals surface area (Å²) in [5.74, 6) is -0.220. The molecule has 0 amide bonds. The molecule has 0 radical (unpaired) electrons. The van der Waals surface area contributed by atoms with Crippen molar-refractivity contribution in [2.45, 2.75) is 13.0 Å². The van der Waals surface area contributed by atoms with Crippen molar-refractivity contribution in [1.29, 1.82) is 0 Å². The maximum Gasteiger partial charge on any atom is 0.178 e. The summed E-state index contributed by atoms with van der Waals surface area (Å²) in [6, 6.07) is 3.31. The number of aromatic amines is 1. The van der Waals surface area contributed by atoms with E-state index in [0.29, 0.717) is 14.9 Å². The first kappa shape index (κ1) is 13.7. The Morgan fingerprint density at radius 2 is 2.25 bits per heavy atom. The van der Waals surface area contributed by atoms with Crippen LogP contribution in [0.4, 0.5) is 4.39 Å². The second-order valence-electron chi connectivity index (χ2n) is 4.64. The fraction of sp³-hybridized carbons (Fsp3) is 0.231. The fourth-order valence-corrected chi connectivity index (χ4v) is 2.98. The molecule has 0 fully saturated rings. The molecule has 1 aromatic carbocycles. The number of aromatic nitrogens is 4. The molecular weight excluding hydrogens is 390 g/mol. The van der Waals surface area contributed by atoms with Crippen LogP contribution < -0.4 is 0 Å². The molecule has 0 atom stereocenters. The minimum atomic E-state index is -0.220. The molecule has 0 saturated carbocycles. The van der Waals surface area contributed by atoms with Crippen LogP contribution in [-0.2, 0) is 20.0 Å². The van der Waals surface area contributed by atoms with Crippen LogP contribution in [0.5, 0.6) is 0 Å². The van der Waals surface area contributed by atoms with E-state index in [9.17, 15) is 4.39 Å². The fourth-order valence-electron chi connectivity index (χ4n) is 2.22. The van der Waals surface area contributed by atoms with Crippen molar-refractivity contribution in [3.05, 3.63) is 44.2 Å². The lowest BCUT2D eigenvalue weighted by molar-refractivity contribution is 0.620. The van der Waals surface area contributed by atoms with E-state index in [1.54, 1.807) is 10.7 Å². The molecule has 0 aliphatic rings. The highest BCUT2D eigenvalue weighted by molar-refractivity contribution is 14.1. The van der Waals surface area contributed by atoms with E-state index in [1.807, 2.05) is 46.6 Å². The molecule has 0 aliphatic carbocycles. The highest BCUT2D eigenvalue weighted by Gasteiger charge is 2.09. The Morgan fingerprint density at radius 1 is 1.45 bits per heavy atom. The van der Waals surface area contributed by atoms with Gasteiger partial charge in [0.05, 0.1) is 20.8 Å². The lowest BCUT2D eigenvalue weighted by Gasteiger charge is -2.04. The monoisotopic (exact) mass is 402 g/mol. The second kappa shape index (κ2) is 5.28. The summed E-state index contributed by atoms with van der Waals surface area (Å²) >= 11 is 7.30. The summed E-state index contributed by atoms with van der Waals surface area (Å²) in [5, 5.41) is 4.14. The molecule has 7 heteroatoms. The smallest absolute Gasteiger partial charge is 0.178 e. The lowest BCUT2D eigenvalue weighted by Crippen LogP contribution is -2.01. The van der Waals surface area contributed by atoms with Crippen molar-refractivity contribution in [3.8, 4) is 0 Å². The van der Waals surface area contributed by atoms with Crippen LogP contribution in [-0.4, -0.2) is 19.3 Å². The summed E-state index contributed by atoms with van der Waals surface area (Å²) in [6.45, 7) is 0.699. The Bertz CT molecular complexity index is 833. The number of H-pyrrole nitrogens is 1. The molecule has 0 unspecified atom stereocenters. The van der Waals surface area contributed by atoms with Gasteiger partial charge in [-0.1, -0.05) is 0 Å². The van der Waals surface area contributed by atoms with Crippen LogP contribution in [0.2, 0.25) is 0 Å². The number of benzene rings is 1. The van der Waals surface area contributed by atoms with Crippen LogP contribution >= 0.6 is 34.8 Å². The van der Waals surface area contributed by atoms with Gasteiger partial charge in [-0.05, 0) is 52.9 Å². The van der Waals surface area contributed by atoms with Crippen molar-refractivity contribution < 1.29 is 4.39 Å². The topological polar surface area (TPSA) is 38.5 Å². The Kier molecular flexibility index (Phi) is 3.63. The number of aryl methyl sites for hydroxylation is 3. The molecule has 3 rings (SSSR count). The van der Waals surface area contributed by atoms with Gasteiger partial charge in [0.2, 0.25) is 0 Å². The molecule has 2 heterocycles. The molecule has 0 saturated heterocycles. The van der Waals surface area contributed by atoms with Crippen LogP contribution in [0.15, 0.2) is 24.5 Å². The molecule has 20 heavy (non-hydrogen) atoms. The van der Waals surface area contributed by atoms with Crippen molar-refractivity contribution in [2.75, 3.05) is 0 Å². The molecule has 2 aromatic heterocycles. The van der Waals surface area contributed by atoms with Gasteiger partial charge in [0.15, 0.2) is 4.77 Å². The first-order valence-electron chi connectivity index (χ1n) is 6.09. The van der Waals surface area contributed by atoms with E-state index in [-0.39, 0.29) is 5.82 Å². The first-order chi connectivity index (χ1) is 9.54. The maximum absolute atomic E-state index is 13.7. The normalized spacial score (nSPS) is 11.3. The van der Waals surface area contributed by atoms with Gasteiger partial charge in [-0.2, -0.15) is 5.10 Å². The number of hydrogen-bond acceptors (Lipinski definition) is 2. The van der Waals surface area contributed by atoms with Gasteiger partial charge in [-0.25, -0.2) is 4.39 Å². The van der Waals surface area contributed by atoms with E-state index >= 15 is 0 Å². The van der Waals surface area contributed by atoms with E-state index in [4.69, 9.17) is 12.2 Å². The van der Waals surface area contributed by atoms with Crippen LogP contribution in [0.3, 0.4) is 0 Å². The number of halogens is 2. The zero-order chi connectivity index (χ0) is 14.3. The van der Waals surface area contributed by atoms with Gasteiger partial charge in [-0.15, -0.1) is 0 Å². The number of nitrogens with zero attached hydrogens (tertiary/aromatic N) is 3. The number of rotatable bonds is 3. The largest absolute Gasteiger partial charge is 0.331 e. The average Bonchev–Trinajstić information content (AvgIpc) is 2.92. The molecule has 104 valence electrons. The highest BCUT2D eigenvalue weighted by Crippen LogP contribution is 2.21. The van der Waals surface area contributed by atoms with E-state index < -0.39 is 0 Å². The van der Waals surface area contributed by atoms with Gasteiger partial charge < -0.3 is 9.55 Å². The van der Waals surface area contributed by atoms with Crippen LogP contribution in [0, 0.1) is 14.2 Å². The van der Waals surface area contributed by atoms with Gasteiger partial charge in [-0.3, -0.25) is 4.68 Å². The standard InChI is InChI=1S/C13H12FIN4S/c1-18-7-8(6-16-18)2-3-19-12-4-9(14)10(15)5-11(12)17-13(19)20/h4-7H,2-3H2,1H3,(H,17,20). The highest BCUT2D eigenvalue weighted by atomic mass is 127. The SMILES string of the molecule is Cn1cc(CCn2c(=S)[nH]c3cc(I)c(F)cc32)cn1. The quantitative estimate of drug-likeness (QED) is 0.539. The van der Waals surface area contributed by atoms with Crippen molar-refractivity contribution >= 4 is 45.8 Å². The van der Waals surface area contributed by atoms with Gasteiger partial charge >= 0.3 is 0 Å². The molecule has 0 bridgehead atoms. The Morgan fingerprint density at radius 3 is 2.95 bits per heavy atom. The maximum atomic E-state index is 13.7. The molecule has 0 aliphatic heterocycles. The van der Waals surface area contributed by atoms with Crippen LogP contribution in [0.25, 0.3) is 11.0 Å². The average molecular weight is 402 g/mol. The van der Waals surface area contributed by atoms with E-state index in [1.165, 1.54) is 6.07 Å². The number of imidazole rings is 1. The van der Waals surface area contributed by atoms with Gasteiger partial charge in [0, 0.05) is 25.9 Å². The third kappa shape index (κ3) is 2.51. The zero-order valence-electron chi connectivity index (χ0n) is 10.7. The third-order valence-corrected chi connectivity index (χ3v) is 4.35. The summed E-state index contributed by atoms with van der Waals surface area (Å²) in [7, 11) is 1.89. The third-order valence-electron chi connectivity index (χ3n) is 3.20. The van der Waals surface area contributed by atoms with E-state index in [2.05, 4.69) is 10.1 Å². The number of fused-ring (bicyclic) bond motifs is 1. The molecule has 4 nitrogen and oxygen atoms in total. The molecule has 3 aromatic rings. The summed E-state index contributed by atoms with van der Waals surface area (Å²) in [4.78, 5) is 3.12. The summed E-state index contributed by atoms with van der Waals surface area (Å²) in [5.41, 5.74) is 2.80. The summed E-state index contributed by atoms with van der Waals surface area (Å²) < 4.78 is 18.6. The predicted octanol–water partition coefficient (Wildman–Crippen LogP) is 3.42. The van der Waals surface area contributed by atoms with E-state index in [0.717, 1.165) is 23.0 Å². The number of nitrogens with one attached hydrogen (secondary N) is 1. The number of hydrogen-bond donors (Lipinski definition) is 1. The predicted molar refractivity (Wildman–Crippen MR) is 86.7 cm³/mol.